The number of carbonyl (C=O) groups is 1. The molecular weight excluding hydrogens is 408 g/mol. The second kappa shape index (κ2) is 9.18. The lowest BCUT2D eigenvalue weighted by Gasteiger charge is -2.31. The summed E-state index contributed by atoms with van der Waals surface area (Å²) in [4.78, 5) is 13.1. The van der Waals surface area contributed by atoms with Crippen LogP contribution in [-0.4, -0.2) is 26.6 Å². The number of hydrogen-bond acceptors (Lipinski definition) is 3. The number of nitrogens with one attached hydrogen (secondary N) is 1. The van der Waals surface area contributed by atoms with Gasteiger partial charge in [-0.1, -0.05) is 48.4 Å². The van der Waals surface area contributed by atoms with Crippen molar-refractivity contribution in [3.05, 3.63) is 63.7 Å². The van der Waals surface area contributed by atoms with E-state index in [4.69, 9.17) is 11.6 Å². The molecule has 0 unspecified atom stereocenters. The Morgan fingerprint density at radius 2 is 1.72 bits per heavy atom. The van der Waals surface area contributed by atoms with Crippen molar-refractivity contribution in [2.45, 2.75) is 53.1 Å². The third-order valence-corrected chi connectivity index (χ3v) is 6.59. The highest BCUT2D eigenvalue weighted by atomic mass is 35.5. The highest BCUT2D eigenvalue weighted by molar-refractivity contribution is 7.92. The monoisotopic (exact) mass is 436 g/mol. The molecule has 29 heavy (non-hydrogen) atoms. The summed E-state index contributed by atoms with van der Waals surface area (Å²) < 4.78 is 26.3. The van der Waals surface area contributed by atoms with Crippen molar-refractivity contribution < 1.29 is 13.2 Å². The van der Waals surface area contributed by atoms with E-state index in [1.54, 1.807) is 25.1 Å². The van der Waals surface area contributed by atoms with Gasteiger partial charge in [0.25, 0.3) is 0 Å². The average molecular weight is 437 g/mol. The van der Waals surface area contributed by atoms with E-state index in [1.165, 1.54) is 0 Å². The van der Waals surface area contributed by atoms with Crippen molar-refractivity contribution in [3.8, 4) is 0 Å². The summed E-state index contributed by atoms with van der Waals surface area (Å²) in [6.07, 6.45) is 1.43. The van der Waals surface area contributed by atoms with Crippen LogP contribution in [0, 0.1) is 20.8 Å². The van der Waals surface area contributed by atoms with Crippen molar-refractivity contribution in [3.63, 3.8) is 0 Å². The minimum Gasteiger partial charge on any atom is -0.348 e. The van der Waals surface area contributed by atoms with Crippen molar-refractivity contribution in [2.24, 2.45) is 0 Å². The molecule has 2 aromatic rings. The minimum atomic E-state index is -3.71. The topological polar surface area (TPSA) is 66.5 Å². The predicted molar refractivity (Wildman–Crippen MR) is 120 cm³/mol. The summed E-state index contributed by atoms with van der Waals surface area (Å²) in [6, 6.07) is 9.95. The number of benzene rings is 2. The fourth-order valence-electron chi connectivity index (χ4n) is 3.39. The third-order valence-electron chi connectivity index (χ3n) is 5.00. The van der Waals surface area contributed by atoms with Gasteiger partial charge in [-0.25, -0.2) is 8.42 Å². The Hall–Kier alpha value is -2.05. The number of halogens is 1. The molecule has 0 aliphatic heterocycles. The van der Waals surface area contributed by atoms with Crippen LogP contribution in [0.3, 0.4) is 0 Å². The first-order valence-corrected chi connectivity index (χ1v) is 11.8. The summed E-state index contributed by atoms with van der Waals surface area (Å²) in [5.74, 6) is -0.344. The number of aryl methyl sites for hydroxylation is 3. The first-order chi connectivity index (χ1) is 13.5. The number of sulfonamides is 1. The Bertz CT molecular complexity index is 1010. The summed E-state index contributed by atoms with van der Waals surface area (Å²) >= 11 is 6.21. The van der Waals surface area contributed by atoms with Crippen molar-refractivity contribution >= 4 is 33.2 Å². The SMILES string of the molecule is CC[C@@H](C(=O)N[C@H](C)c1cc(C)ccc1C)N(c1ccc(C)c(Cl)c1)S(C)(=O)=O. The number of nitrogens with zero attached hydrogens (tertiary/aromatic N) is 1. The zero-order valence-corrected chi connectivity index (χ0v) is 19.4. The second-order valence-electron chi connectivity index (χ2n) is 7.51. The largest absolute Gasteiger partial charge is 0.348 e. The molecule has 0 aromatic heterocycles. The molecule has 1 amide bonds. The number of hydrogen-bond donors (Lipinski definition) is 1. The lowest BCUT2D eigenvalue weighted by Crippen LogP contribution is -2.49. The predicted octanol–water partition coefficient (Wildman–Crippen LogP) is 4.69. The fourth-order valence-corrected chi connectivity index (χ4v) is 4.77. The standard InChI is InChI=1S/C22H29ClN2O3S/c1-7-21(22(26)24-17(5)19-12-14(2)8-9-15(19)3)25(29(6,27)28)18-11-10-16(4)20(23)13-18/h8-13,17,21H,7H2,1-6H3,(H,24,26)/t17-,21+/m1/s1. The highest BCUT2D eigenvalue weighted by Crippen LogP contribution is 2.28. The van der Waals surface area contributed by atoms with E-state index in [0.717, 1.165) is 32.8 Å². The van der Waals surface area contributed by atoms with Crippen LogP contribution in [0.5, 0.6) is 0 Å². The van der Waals surface area contributed by atoms with Gasteiger partial charge in [-0.15, -0.1) is 0 Å². The molecule has 2 aromatic carbocycles. The normalized spacial score (nSPS) is 13.6. The van der Waals surface area contributed by atoms with Crippen LogP contribution in [0.25, 0.3) is 0 Å². The molecule has 0 saturated carbocycles. The quantitative estimate of drug-likeness (QED) is 0.684. The Kier molecular flexibility index (Phi) is 7.35. The summed E-state index contributed by atoms with van der Waals surface area (Å²) in [5.41, 5.74) is 4.40. The van der Waals surface area contributed by atoms with Crippen LogP contribution in [0.1, 0.15) is 48.6 Å². The van der Waals surface area contributed by atoms with Gasteiger partial charge in [-0.2, -0.15) is 0 Å². The Morgan fingerprint density at radius 1 is 1.10 bits per heavy atom. The number of amides is 1. The van der Waals surface area contributed by atoms with Crippen LogP contribution in [0.15, 0.2) is 36.4 Å². The molecule has 2 rings (SSSR count). The number of rotatable bonds is 7. The zero-order valence-electron chi connectivity index (χ0n) is 17.8. The van der Waals surface area contributed by atoms with Gasteiger partial charge < -0.3 is 5.32 Å². The molecule has 0 aliphatic carbocycles. The van der Waals surface area contributed by atoms with Gasteiger partial charge in [0.2, 0.25) is 15.9 Å². The van der Waals surface area contributed by atoms with Gasteiger partial charge in [0.1, 0.15) is 6.04 Å². The van der Waals surface area contributed by atoms with Gasteiger partial charge in [-0.05, 0) is 62.9 Å². The van der Waals surface area contributed by atoms with Gasteiger partial charge in [0, 0.05) is 5.02 Å². The average Bonchev–Trinajstić information content (AvgIpc) is 2.62. The molecule has 5 nitrogen and oxygen atoms in total. The molecular formula is C22H29ClN2O3S. The number of anilines is 1. The molecule has 0 saturated heterocycles. The van der Waals surface area contributed by atoms with E-state index < -0.39 is 16.1 Å². The second-order valence-corrected chi connectivity index (χ2v) is 9.77. The first-order valence-electron chi connectivity index (χ1n) is 9.58. The zero-order chi connectivity index (χ0) is 21.9. The molecule has 158 valence electrons. The van der Waals surface area contributed by atoms with Crippen molar-refractivity contribution in [2.75, 3.05) is 10.6 Å². The van der Waals surface area contributed by atoms with E-state index in [-0.39, 0.29) is 11.9 Å². The van der Waals surface area contributed by atoms with Gasteiger partial charge in [0.15, 0.2) is 0 Å². The van der Waals surface area contributed by atoms with Gasteiger partial charge in [0.05, 0.1) is 18.0 Å². The summed E-state index contributed by atoms with van der Waals surface area (Å²) in [5, 5.41) is 3.44. The molecule has 0 bridgehead atoms. The Labute approximate surface area is 179 Å². The minimum absolute atomic E-state index is 0.250. The fraction of sp³-hybridized carbons (Fsp3) is 0.409. The maximum absolute atomic E-state index is 13.1. The molecule has 0 fully saturated rings. The maximum atomic E-state index is 13.1. The van der Waals surface area contributed by atoms with Crippen LogP contribution < -0.4 is 9.62 Å². The molecule has 0 aliphatic rings. The first kappa shape index (κ1) is 23.2. The Balaban J connectivity index is 2.37. The van der Waals surface area contributed by atoms with Crippen LogP contribution >= 0.6 is 11.6 Å². The van der Waals surface area contributed by atoms with Crippen molar-refractivity contribution in [1.82, 2.24) is 5.32 Å². The van der Waals surface area contributed by atoms with Crippen LogP contribution in [0.4, 0.5) is 5.69 Å². The molecule has 0 radical (unpaired) electrons. The van der Waals surface area contributed by atoms with Crippen molar-refractivity contribution in [1.29, 1.82) is 0 Å². The van der Waals surface area contributed by atoms with E-state index in [2.05, 4.69) is 5.32 Å². The van der Waals surface area contributed by atoms with E-state index in [0.29, 0.717) is 17.1 Å². The van der Waals surface area contributed by atoms with Crippen LogP contribution in [-0.2, 0) is 14.8 Å². The molecule has 7 heteroatoms. The van der Waals surface area contributed by atoms with E-state index >= 15 is 0 Å². The van der Waals surface area contributed by atoms with Gasteiger partial charge in [-0.3, -0.25) is 9.10 Å². The van der Waals surface area contributed by atoms with E-state index in [1.807, 2.05) is 45.9 Å². The molecule has 0 spiro atoms. The lowest BCUT2D eigenvalue weighted by molar-refractivity contribution is -0.122. The summed E-state index contributed by atoms with van der Waals surface area (Å²) in [7, 11) is -3.71. The smallest absolute Gasteiger partial charge is 0.244 e. The molecule has 2 atom stereocenters. The highest BCUT2D eigenvalue weighted by Gasteiger charge is 2.32. The lowest BCUT2D eigenvalue weighted by atomic mass is 9.99. The maximum Gasteiger partial charge on any atom is 0.244 e. The molecule has 0 heterocycles. The van der Waals surface area contributed by atoms with Gasteiger partial charge >= 0.3 is 0 Å². The van der Waals surface area contributed by atoms with E-state index in [9.17, 15) is 13.2 Å². The molecule has 1 N–H and O–H groups in total. The van der Waals surface area contributed by atoms with Crippen LogP contribution in [0.2, 0.25) is 5.02 Å². The summed E-state index contributed by atoms with van der Waals surface area (Å²) in [6.45, 7) is 9.53. The number of carbonyl (C=O) groups excluding carboxylic acids is 1. The third kappa shape index (κ3) is 5.52. The Morgan fingerprint density at radius 3 is 2.28 bits per heavy atom.